The number of rotatable bonds is 5. The van der Waals surface area contributed by atoms with Gasteiger partial charge >= 0.3 is 0 Å². The SMILES string of the molecule is Cc1ccc(S(=O)(=O)Cl)cc1C(=O)NC(C)CC(C)C. The molecule has 1 atom stereocenters. The van der Waals surface area contributed by atoms with Gasteiger partial charge in [-0.2, -0.15) is 0 Å². The summed E-state index contributed by atoms with van der Waals surface area (Å²) in [4.78, 5) is 12.1. The van der Waals surface area contributed by atoms with E-state index in [1.54, 1.807) is 13.0 Å². The fourth-order valence-corrected chi connectivity index (χ4v) is 2.84. The van der Waals surface area contributed by atoms with E-state index in [0.29, 0.717) is 17.0 Å². The van der Waals surface area contributed by atoms with Crippen molar-refractivity contribution in [2.45, 2.75) is 45.1 Å². The Kier molecular flexibility index (Phi) is 5.59. The number of amides is 1. The van der Waals surface area contributed by atoms with Crippen LogP contribution < -0.4 is 5.32 Å². The van der Waals surface area contributed by atoms with Gasteiger partial charge in [0.25, 0.3) is 15.0 Å². The van der Waals surface area contributed by atoms with Gasteiger partial charge in [-0.3, -0.25) is 4.79 Å². The zero-order valence-electron chi connectivity index (χ0n) is 12.1. The summed E-state index contributed by atoms with van der Waals surface area (Å²) < 4.78 is 22.6. The summed E-state index contributed by atoms with van der Waals surface area (Å²) in [5, 5.41) is 2.87. The molecule has 1 aromatic rings. The third-order valence-corrected chi connectivity index (χ3v) is 4.29. The number of carbonyl (C=O) groups is 1. The van der Waals surface area contributed by atoms with Gasteiger partial charge in [-0.1, -0.05) is 19.9 Å². The first kappa shape index (κ1) is 17.0. The number of nitrogens with one attached hydrogen (secondary N) is 1. The highest BCUT2D eigenvalue weighted by atomic mass is 35.7. The molecule has 1 rings (SSSR count). The molecule has 0 aliphatic carbocycles. The van der Waals surface area contributed by atoms with E-state index in [4.69, 9.17) is 10.7 Å². The number of benzene rings is 1. The minimum absolute atomic E-state index is 0.0261. The van der Waals surface area contributed by atoms with E-state index in [1.165, 1.54) is 12.1 Å². The maximum Gasteiger partial charge on any atom is 0.261 e. The molecule has 0 aliphatic rings. The van der Waals surface area contributed by atoms with Gasteiger partial charge in [0, 0.05) is 22.3 Å². The number of halogens is 1. The van der Waals surface area contributed by atoms with Gasteiger partial charge < -0.3 is 5.32 Å². The van der Waals surface area contributed by atoms with E-state index in [1.807, 2.05) is 6.92 Å². The summed E-state index contributed by atoms with van der Waals surface area (Å²) in [6.45, 7) is 7.84. The Morgan fingerprint density at radius 2 is 1.90 bits per heavy atom. The molecule has 0 radical (unpaired) electrons. The lowest BCUT2D eigenvalue weighted by Gasteiger charge is -2.17. The highest BCUT2D eigenvalue weighted by Gasteiger charge is 2.17. The standard InChI is InChI=1S/C14H20ClNO3S/c1-9(2)7-11(4)16-14(17)13-8-12(20(15,18)19)6-5-10(13)3/h5-6,8-9,11H,7H2,1-4H3,(H,16,17). The quantitative estimate of drug-likeness (QED) is 0.849. The van der Waals surface area contributed by atoms with Crippen molar-refractivity contribution in [3.05, 3.63) is 29.3 Å². The third kappa shape index (κ3) is 4.80. The predicted octanol–water partition coefficient (Wildman–Crippen LogP) is 3.09. The van der Waals surface area contributed by atoms with Crippen molar-refractivity contribution in [1.82, 2.24) is 5.32 Å². The number of hydrogen-bond acceptors (Lipinski definition) is 3. The van der Waals surface area contributed by atoms with Crippen LogP contribution in [0.5, 0.6) is 0 Å². The summed E-state index contributed by atoms with van der Waals surface area (Å²) in [6.07, 6.45) is 0.859. The van der Waals surface area contributed by atoms with E-state index in [-0.39, 0.29) is 16.8 Å². The average Bonchev–Trinajstić information content (AvgIpc) is 2.26. The van der Waals surface area contributed by atoms with Gasteiger partial charge in [0.05, 0.1) is 4.90 Å². The van der Waals surface area contributed by atoms with Crippen LogP contribution in [0, 0.1) is 12.8 Å². The van der Waals surface area contributed by atoms with Gasteiger partial charge in [0.15, 0.2) is 0 Å². The Labute approximate surface area is 124 Å². The van der Waals surface area contributed by atoms with Crippen LogP contribution in [0.3, 0.4) is 0 Å². The third-order valence-electron chi connectivity index (χ3n) is 2.94. The second-order valence-corrected chi connectivity index (χ2v) is 7.98. The molecular formula is C14H20ClNO3S. The van der Waals surface area contributed by atoms with E-state index in [0.717, 1.165) is 6.42 Å². The van der Waals surface area contributed by atoms with E-state index >= 15 is 0 Å². The molecule has 1 unspecified atom stereocenters. The lowest BCUT2D eigenvalue weighted by atomic mass is 10.0. The molecule has 0 aromatic heterocycles. The monoisotopic (exact) mass is 317 g/mol. The van der Waals surface area contributed by atoms with Crippen LogP contribution in [0.2, 0.25) is 0 Å². The maximum absolute atomic E-state index is 12.2. The van der Waals surface area contributed by atoms with Crippen molar-refractivity contribution in [2.75, 3.05) is 0 Å². The Morgan fingerprint density at radius 1 is 1.30 bits per heavy atom. The zero-order chi connectivity index (χ0) is 15.5. The Bertz CT molecular complexity index is 596. The predicted molar refractivity (Wildman–Crippen MR) is 80.6 cm³/mol. The van der Waals surface area contributed by atoms with Crippen LogP contribution in [-0.4, -0.2) is 20.4 Å². The summed E-state index contributed by atoms with van der Waals surface area (Å²) in [5.41, 5.74) is 1.05. The van der Waals surface area contributed by atoms with Crippen molar-refractivity contribution in [2.24, 2.45) is 5.92 Å². The summed E-state index contributed by atoms with van der Waals surface area (Å²) in [7, 11) is 1.47. The lowest BCUT2D eigenvalue weighted by Crippen LogP contribution is -2.34. The van der Waals surface area contributed by atoms with E-state index in [9.17, 15) is 13.2 Å². The van der Waals surface area contributed by atoms with E-state index in [2.05, 4.69) is 19.2 Å². The minimum Gasteiger partial charge on any atom is -0.350 e. The molecule has 1 aromatic carbocycles. The molecule has 0 fully saturated rings. The molecule has 1 amide bonds. The summed E-state index contributed by atoms with van der Waals surface area (Å²) >= 11 is 0. The molecule has 0 heterocycles. The smallest absolute Gasteiger partial charge is 0.261 e. The van der Waals surface area contributed by atoms with Crippen molar-refractivity contribution < 1.29 is 13.2 Å². The molecule has 0 bridgehead atoms. The fraction of sp³-hybridized carbons (Fsp3) is 0.500. The Hall–Kier alpha value is -1.07. The highest BCUT2D eigenvalue weighted by molar-refractivity contribution is 8.13. The molecule has 20 heavy (non-hydrogen) atoms. The number of carbonyl (C=O) groups excluding carboxylic acids is 1. The topological polar surface area (TPSA) is 63.2 Å². The first-order valence-corrected chi connectivity index (χ1v) is 8.78. The molecule has 6 heteroatoms. The normalized spacial score (nSPS) is 13.3. The largest absolute Gasteiger partial charge is 0.350 e. The van der Waals surface area contributed by atoms with Crippen molar-refractivity contribution in [1.29, 1.82) is 0 Å². The summed E-state index contributed by atoms with van der Waals surface area (Å²) in [6, 6.07) is 4.32. The molecule has 112 valence electrons. The Morgan fingerprint density at radius 3 is 2.40 bits per heavy atom. The van der Waals surface area contributed by atoms with Crippen LogP contribution >= 0.6 is 10.7 Å². The number of aryl methyl sites for hydroxylation is 1. The molecular weight excluding hydrogens is 298 g/mol. The Balaban J connectivity index is 2.98. The minimum atomic E-state index is -3.83. The molecule has 1 N–H and O–H groups in total. The molecule has 4 nitrogen and oxygen atoms in total. The van der Waals surface area contributed by atoms with Gasteiger partial charge in [0.2, 0.25) is 0 Å². The van der Waals surface area contributed by atoms with Crippen LogP contribution in [0.25, 0.3) is 0 Å². The molecule has 0 aliphatic heterocycles. The highest BCUT2D eigenvalue weighted by Crippen LogP contribution is 2.19. The maximum atomic E-state index is 12.2. The molecule has 0 saturated carbocycles. The molecule has 0 spiro atoms. The van der Waals surface area contributed by atoms with Crippen LogP contribution in [0.1, 0.15) is 43.1 Å². The average molecular weight is 318 g/mol. The molecule has 0 saturated heterocycles. The van der Waals surface area contributed by atoms with Gasteiger partial charge in [-0.15, -0.1) is 0 Å². The number of hydrogen-bond donors (Lipinski definition) is 1. The van der Waals surface area contributed by atoms with Crippen molar-refractivity contribution in [3.63, 3.8) is 0 Å². The first-order chi connectivity index (χ1) is 9.11. The van der Waals surface area contributed by atoms with Crippen molar-refractivity contribution in [3.8, 4) is 0 Å². The van der Waals surface area contributed by atoms with Gasteiger partial charge in [0.1, 0.15) is 0 Å². The van der Waals surface area contributed by atoms with Crippen LogP contribution in [0.4, 0.5) is 0 Å². The second-order valence-electron chi connectivity index (χ2n) is 5.42. The van der Waals surface area contributed by atoms with Crippen LogP contribution in [-0.2, 0) is 9.05 Å². The first-order valence-electron chi connectivity index (χ1n) is 6.47. The van der Waals surface area contributed by atoms with Crippen molar-refractivity contribution >= 4 is 25.6 Å². The van der Waals surface area contributed by atoms with Gasteiger partial charge in [-0.05, 0) is 43.9 Å². The van der Waals surface area contributed by atoms with Gasteiger partial charge in [-0.25, -0.2) is 8.42 Å². The lowest BCUT2D eigenvalue weighted by molar-refractivity contribution is 0.0935. The van der Waals surface area contributed by atoms with Crippen LogP contribution in [0.15, 0.2) is 23.1 Å². The second kappa shape index (κ2) is 6.59. The summed E-state index contributed by atoms with van der Waals surface area (Å²) in [5.74, 6) is 0.193. The zero-order valence-corrected chi connectivity index (χ0v) is 13.7. The fourth-order valence-electron chi connectivity index (χ4n) is 2.06. The van der Waals surface area contributed by atoms with E-state index < -0.39 is 9.05 Å².